The molecule has 0 aliphatic carbocycles. The van der Waals surface area contributed by atoms with Crippen molar-refractivity contribution in [2.45, 2.75) is 44.7 Å². The fourth-order valence-corrected chi connectivity index (χ4v) is 6.13. The summed E-state index contributed by atoms with van der Waals surface area (Å²) in [7, 11) is 0. The molecule has 0 saturated carbocycles. The number of esters is 1. The maximum absolute atomic E-state index is 13.8. The number of carbonyl (C=O) groups is 1. The van der Waals surface area contributed by atoms with Gasteiger partial charge in [-0.2, -0.15) is 0 Å². The highest BCUT2D eigenvalue weighted by Gasteiger charge is 2.33. The van der Waals surface area contributed by atoms with Crippen LogP contribution in [-0.4, -0.2) is 22.9 Å². The Bertz CT molecular complexity index is 1780. The molecule has 6 nitrogen and oxygen atoms in total. The van der Waals surface area contributed by atoms with Gasteiger partial charge in [0.1, 0.15) is 11.5 Å². The Balaban J connectivity index is 1.63. The topological polar surface area (TPSA) is 73.8 Å². The van der Waals surface area contributed by atoms with Crippen molar-refractivity contribution in [3.8, 4) is 11.3 Å². The van der Waals surface area contributed by atoms with E-state index in [0.29, 0.717) is 37.1 Å². The van der Waals surface area contributed by atoms with E-state index >= 15 is 0 Å². The van der Waals surface area contributed by atoms with Crippen LogP contribution >= 0.6 is 34.7 Å². The smallest absolute Gasteiger partial charge is 0.338 e. The third-order valence-corrected chi connectivity index (χ3v) is 8.34. The van der Waals surface area contributed by atoms with Crippen molar-refractivity contribution in [1.29, 1.82) is 0 Å². The molecule has 9 heteroatoms. The number of carbonyl (C=O) groups excluding carboxylic acids is 1. The van der Waals surface area contributed by atoms with Crippen molar-refractivity contribution in [2.75, 3.05) is 6.26 Å². The van der Waals surface area contributed by atoms with Crippen LogP contribution in [0.5, 0.6) is 0 Å². The normalized spacial score (nSPS) is 15.5. The van der Waals surface area contributed by atoms with E-state index in [1.807, 2.05) is 67.8 Å². The molecule has 0 fully saturated rings. The number of benzene rings is 2. The minimum atomic E-state index is -0.660. The monoisotopic (exact) mass is 578 g/mol. The summed E-state index contributed by atoms with van der Waals surface area (Å²) in [5.41, 5.74) is 3.36. The van der Waals surface area contributed by atoms with Crippen LogP contribution in [-0.2, 0) is 9.53 Å². The van der Waals surface area contributed by atoms with Gasteiger partial charge in [-0.1, -0.05) is 41.1 Å². The van der Waals surface area contributed by atoms with E-state index in [-0.39, 0.29) is 11.7 Å². The molecule has 0 N–H and O–H groups in total. The number of hydrogen-bond acceptors (Lipinski definition) is 7. The summed E-state index contributed by atoms with van der Waals surface area (Å²) in [6, 6.07) is 16.5. The Labute approximate surface area is 239 Å². The van der Waals surface area contributed by atoms with Crippen molar-refractivity contribution < 1.29 is 13.9 Å². The summed E-state index contributed by atoms with van der Waals surface area (Å²) < 4.78 is 13.7. The Morgan fingerprint density at radius 3 is 2.59 bits per heavy atom. The van der Waals surface area contributed by atoms with Gasteiger partial charge < -0.3 is 9.15 Å². The van der Waals surface area contributed by atoms with Gasteiger partial charge in [-0.05, 0) is 81.5 Å². The molecule has 0 unspecified atom stereocenters. The first-order valence-corrected chi connectivity index (χ1v) is 14.8. The summed E-state index contributed by atoms with van der Waals surface area (Å²) in [5.74, 6) is 0.716. The molecule has 4 aromatic rings. The van der Waals surface area contributed by atoms with Crippen LogP contribution in [0.4, 0.5) is 0 Å². The van der Waals surface area contributed by atoms with Gasteiger partial charge in [-0.15, -0.1) is 11.8 Å². The number of thioether (sulfide) groups is 1. The molecule has 0 bridgehead atoms. The van der Waals surface area contributed by atoms with Crippen molar-refractivity contribution in [1.82, 2.24) is 4.57 Å². The summed E-state index contributed by atoms with van der Waals surface area (Å²) in [4.78, 5) is 33.3. The number of halogens is 1. The molecule has 0 spiro atoms. The fraction of sp³-hybridized carbons (Fsp3) is 0.233. The lowest BCUT2D eigenvalue weighted by atomic mass is 9.96. The fourth-order valence-electron chi connectivity index (χ4n) is 4.53. The average Bonchev–Trinajstić information content (AvgIpc) is 3.48. The molecule has 39 heavy (non-hydrogen) atoms. The zero-order valence-corrected chi connectivity index (χ0v) is 24.5. The third-order valence-electron chi connectivity index (χ3n) is 6.38. The van der Waals surface area contributed by atoms with Gasteiger partial charge >= 0.3 is 5.97 Å². The number of aromatic nitrogens is 1. The van der Waals surface area contributed by atoms with Crippen LogP contribution in [0, 0.1) is 6.92 Å². The molecule has 1 aliphatic heterocycles. The predicted octanol–water partition coefficient (Wildman–Crippen LogP) is 6.13. The number of nitrogens with zero attached hydrogens (tertiary/aromatic N) is 2. The number of rotatable bonds is 6. The van der Waals surface area contributed by atoms with Gasteiger partial charge in [-0.25, -0.2) is 9.79 Å². The van der Waals surface area contributed by atoms with Crippen molar-refractivity contribution in [3.63, 3.8) is 0 Å². The van der Waals surface area contributed by atoms with Crippen LogP contribution in [0.1, 0.15) is 43.7 Å². The van der Waals surface area contributed by atoms with Crippen molar-refractivity contribution in [2.24, 2.45) is 4.99 Å². The molecule has 200 valence electrons. The minimum absolute atomic E-state index is 0.253. The Morgan fingerprint density at radius 1 is 1.15 bits per heavy atom. The maximum Gasteiger partial charge on any atom is 0.338 e. The lowest BCUT2D eigenvalue weighted by Gasteiger charge is -2.25. The van der Waals surface area contributed by atoms with Crippen molar-refractivity contribution in [3.05, 3.63) is 107 Å². The number of fused-ring (bicyclic) bond motifs is 1. The van der Waals surface area contributed by atoms with Gasteiger partial charge in [0.15, 0.2) is 4.80 Å². The van der Waals surface area contributed by atoms with Gasteiger partial charge in [0.2, 0.25) is 0 Å². The van der Waals surface area contributed by atoms with E-state index in [4.69, 9.17) is 20.8 Å². The molecule has 3 heterocycles. The molecule has 1 aliphatic rings. The Morgan fingerprint density at radius 2 is 1.90 bits per heavy atom. The van der Waals surface area contributed by atoms with Gasteiger partial charge in [-0.3, -0.25) is 9.36 Å². The van der Waals surface area contributed by atoms with Crippen LogP contribution in [0.15, 0.2) is 85.0 Å². The number of thiazole rings is 1. The summed E-state index contributed by atoms with van der Waals surface area (Å²) >= 11 is 9.08. The van der Waals surface area contributed by atoms with E-state index in [2.05, 4.69) is 4.99 Å². The summed E-state index contributed by atoms with van der Waals surface area (Å²) in [5, 5.41) is 0.620. The van der Waals surface area contributed by atoms with Gasteiger partial charge in [0.25, 0.3) is 5.56 Å². The van der Waals surface area contributed by atoms with Gasteiger partial charge in [0, 0.05) is 21.6 Å². The molecular weight excluding hydrogens is 552 g/mol. The molecule has 0 saturated heterocycles. The molecule has 2 aromatic carbocycles. The molecule has 0 radical (unpaired) electrons. The first-order valence-electron chi connectivity index (χ1n) is 12.4. The van der Waals surface area contributed by atoms with E-state index in [1.165, 1.54) is 11.3 Å². The van der Waals surface area contributed by atoms with Crippen molar-refractivity contribution >= 4 is 46.7 Å². The average molecular weight is 579 g/mol. The second-order valence-corrected chi connectivity index (χ2v) is 11.8. The lowest BCUT2D eigenvalue weighted by molar-refractivity contribution is -0.143. The Hall–Kier alpha value is -3.33. The summed E-state index contributed by atoms with van der Waals surface area (Å²) in [6.07, 6.45) is 3.41. The van der Waals surface area contributed by atoms with E-state index in [1.54, 1.807) is 43.2 Å². The standard InChI is InChI=1S/C30H27ClN2O4S2/c1-16(2)36-29(35)26-18(4)32-30-33(27(26)19-7-11-22(38-5)12-8-19)28(34)25(39-30)15-21-10-13-24(37-21)23-14-20(31)9-6-17(23)3/h6-16,27H,1-5H3/b25-15-/t27-/m0/s1. The Kier molecular flexibility index (Phi) is 7.71. The number of ether oxygens (including phenoxy) is 1. The number of furan rings is 1. The quantitative estimate of drug-likeness (QED) is 0.203. The van der Waals surface area contributed by atoms with Crippen LogP contribution in [0.25, 0.3) is 17.4 Å². The minimum Gasteiger partial charge on any atom is -0.459 e. The van der Waals surface area contributed by atoms with E-state index in [0.717, 1.165) is 21.6 Å². The number of allylic oxidation sites excluding steroid dienone is 1. The largest absolute Gasteiger partial charge is 0.459 e. The van der Waals surface area contributed by atoms with Gasteiger partial charge in [0.05, 0.1) is 27.9 Å². The predicted molar refractivity (Wildman–Crippen MR) is 157 cm³/mol. The maximum atomic E-state index is 13.8. The van der Waals surface area contributed by atoms with Crippen LogP contribution in [0.2, 0.25) is 5.02 Å². The molecule has 0 amide bonds. The van der Waals surface area contributed by atoms with Crippen LogP contribution in [0.3, 0.4) is 0 Å². The second kappa shape index (κ2) is 11.0. The first-order chi connectivity index (χ1) is 18.7. The molecule has 2 aromatic heterocycles. The summed E-state index contributed by atoms with van der Waals surface area (Å²) in [6.45, 7) is 7.37. The molecule has 1 atom stereocenters. The zero-order chi connectivity index (χ0) is 27.8. The highest BCUT2D eigenvalue weighted by Crippen LogP contribution is 2.32. The third kappa shape index (κ3) is 5.41. The molecular formula is C30H27ClN2O4S2. The second-order valence-electron chi connectivity index (χ2n) is 9.47. The number of aryl methyl sites for hydroxylation is 1. The lowest BCUT2D eigenvalue weighted by Crippen LogP contribution is -2.40. The molecule has 5 rings (SSSR count). The van der Waals surface area contributed by atoms with Crippen LogP contribution < -0.4 is 14.9 Å². The number of hydrogen-bond donors (Lipinski definition) is 0. The zero-order valence-electron chi connectivity index (χ0n) is 22.2. The van der Waals surface area contributed by atoms with E-state index < -0.39 is 12.0 Å². The highest BCUT2D eigenvalue weighted by atomic mass is 35.5. The first kappa shape index (κ1) is 27.2. The SMILES string of the molecule is CSc1ccc([C@H]2C(C(=O)OC(C)C)=C(C)N=c3s/c(=C\c4ccc(-c5cc(Cl)ccc5C)o4)c(=O)n32)cc1. The highest BCUT2D eigenvalue weighted by molar-refractivity contribution is 7.98. The van der Waals surface area contributed by atoms with E-state index in [9.17, 15) is 9.59 Å².